The number of rotatable bonds is 5. The highest BCUT2D eigenvalue weighted by molar-refractivity contribution is 8.23. The second-order valence-corrected chi connectivity index (χ2v) is 4.92. The van der Waals surface area contributed by atoms with Crippen LogP contribution in [0.3, 0.4) is 0 Å². The van der Waals surface area contributed by atoms with Gasteiger partial charge < -0.3 is 5.73 Å². The van der Waals surface area contributed by atoms with Gasteiger partial charge in [0.05, 0.1) is 0 Å². The van der Waals surface area contributed by atoms with E-state index in [-0.39, 0.29) is 0 Å². The Balaban J connectivity index is 3.22. The van der Waals surface area contributed by atoms with Gasteiger partial charge in [0, 0.05) is 5.25 Å². The summed E-state index contributed by atoms with van der Waals surface area (Å²) >= 11 is 6.41. The van der Waals surface area contributed by atoms with Crippen LogP contribution in [0.15, 0.2) is 0 Å². The fourth-order valence-electron chi connectivity index (χ4n) is 0.939. The third-order valence-corrected chi connectivity index (χ3v) is 2.69. The van der Waals surface area contributed by atoms with Gasteiger partial charge in [-0.2, -0.15) is 0 Å². The van der Waals surface area contributed by atoms with Crippen molar-refractivity contribution in [1.29, 1.82) is 0 Å². The van der Waals surface area contributed by atoms with E-state index in [2.05, 4.69) is 13.8 Å². The molecular formula is C8H17NS2. The molecule has 1 nitrogen and oxygen atoms in total. The van der Waals surface area contributed by atoms with Crippen molar-refractivity contribution in [3.63, 3.8) is 0 Å². The average Bonchev–Trinajstić information content (AvgIpc) is 1.86. The molecule has 0 saturated carbocycles. The predicted molar refractivity (Wildman–Crippen MR) is 58.0 cm³/mol. The summed E-state index contributed by atoms with van der Waals surface area (Å²) in [6.07, 6.45) is 5.13. The van der Waals surface area contributed by atoms with Crippen LogP contribution in [0.4, 0.5) is 0 Å². The molecule has 2 N–H and O–H groups in total. The second-order valence-electron chi connectivity index (χ2n) is 2.74. The lowest BCUT2D eigenvalue weighted by atomic mass is 10.2. The molecule has 0 fully saturated rings. The molecule has 0 aliphatic heterocycles. The molecule has 0 rings (SSSR count). The van der Waals surface area contributed by atoms with Crippen molar-refractivity contribution in [1.82, 2.24) is 0 Å². The molecule has 11 heavy (non-hydrogen) atoms. The number of nitrogens with two attached hydrogens (primary N) is 1. The molecule has 0 aliphatic carbocycles. The standard InChI is InChI=1S/C8H17NS2/c1-3-4-5-6-7(2)11-8(9)10/h7H,3-6H2,1-2H3,(H2,9,10). The fourth-order valence-corrected chi connectivity index (χ4v) is 2.11. The maximum atomic E-state index is 5.39. The Labute approximate surface area is 79.1 Å². The van der Waals surface area contributed by atoms with Crippen LogP contribution >= 0.6 is 24.0 Å². The van der Waals surface area contributed by atoms with E-state index in [1.165, 1.54) is 25.7 Å². The molecule has 1 atom stereocenters. The molecule has 0 bridgehead atoms. The van der Waals surface area contributed by atoms with E-state index in [1.807, 2.05) is 0 Å². The molecule has 0 radical (unpaired) electrons. The normalized spacial score (nSPS) is 12.9. The van der Waals surface area contributed by atoms with Crippen LogP contribution < -0.4 is 5.73 Å². The zero-order chi connectivity index (χ0) is 8.69. The van der Waals surface area contributed by atoms with Gasteiger partial charge in [-0.25, -0.2) is 0 Å². The minimum atomic E-state index is 0.578. The highest BCUT2D eigenvalue weighted by atomic mass is 32.2. The molecule has 3 heteroatoms. The summed E-state index contributed by atoms with van der Waals surface area (Å²) < 4.78 is 0.578. The molecule has 0 heterocycles. The maximum Gasteiger partial charge on any atom is 0.131 e. The first kappa shape index (κ1) is 11.2. The van der Waals surface area contributed by atoms with Gasteiger partial charge in [0.15, 0.2) is 0 Å². The van der Waals surface area contributed by atoms with E-state index in [1.54, 1.807) is 11.8 Å². The Morgan fingerprint density at radius 3 is 2.64 bits per heavy atom. The number of hydrogen-bond donors (Lipinski definition) is 1. The molecule has 0 aromatic heterocycles. The van der Waals surface area contributed by atoms with E-state index in [0.717, 1.165) is 0 Å². The number of hydrogen-bond acceptors (Lipinski definition) is 2. The summed E-state index contributed by atoms with van der Waals surface area (Å²) in [6, 6.07) is 0. The summed E-state index contributed by atoms with van der Waals surface area (Å²) in [7, 11) is 0. The van der Waals surface area contributed by atoms with Gasteiger partial charge in [0.25, 0.3) is 0 Å². The average molecular weight is 191 g/mol. The Morgan fingerprint density at radius 1 is 1.55 bits per heavy atom. The molecule has 0 aromatic rings. The third kappa shape index (κ3) is 8.14. The van der Waals surface area contributed by atoms with Crippen molar-refractivity contribution in [2.75, 3.05) is 0 Å². The molecule has 66 valence electrons. The van der Waals surface area contributed by atoms with E-state index < -0.39 is 0 Å². The van der Waals surface area contributed by atoms with Crippen LogP contribution in [0, 0.1) is 0 Å². The van der Waals surface area contributed by atoms with Gasteiger partial charge in [-0.1, -0.05) is 57.1 Å². The first-order valence-corrected chi connectivity index (χ1v) is 5.41. The smallest absolute Gasteiger partial charge is 0.131 e. The summed E-state index contributed by atoms with van der Waals surface area (Å²) in [5.74, 6) is 0. The van der Waals surface area contributed by atoms with Crippen molar-refractivity contribution >= 4 is 28.3 Å². The fraction of sp³-hybridized carbons (Fsp3) is 0.875. The summed E-state index contributed by atoms with van der Waals surface area (Å²) in [5.41, 5.74) is 5.39. The largest absolute Gasteiger partial charge is 0.385 e. The summed E-state index contributed by atoms with van der Waals surface area (Å²) in [4.78, 5) is 0. The molecule has 0 saturated heterocycles. The molecular weight excluding hydrogens is 174 g/mol. The van der Waals surface area contributed by atoms with Crippen LogP contribution in [0.5, 0.6) is 0 Å². The van der Waals surface area contributed by atoms with E-state index in [0.29, 0.717) is 9.57 Å². The van der Waals surface area contributed by atoms with Gasteiger partial charge >= 0.3 is 0 Å². The molecule has 0 spiro atoms. The second kappa shape index (κ2) is 6.92. The molecule has 0 aliphatic rings. The zero-order valence-corrected chi connectivity index (χ0v) is 8.93. The predicted octanol–water partition coefficient (Wildman–Crippen LogP) is 2.93. The van der Waals surface area contributed by atoms with Crippen LogP contribution in [-0.2, 0) is 0 Å². The van der Waals surface area contributed by atoms with Gasteiger partial charge in [0.2, 0.25) is 0 Å². The molecule has 1 unspecified atom stereocenters. The number of unbranched alkanes of at least 4 members (excludes halogenated alkanes) is 2. The van der Waals surface area contributed by atoms with E-state index >= 15 is 0 Å². The van der Waals surface area contributed by atoms with E-state index in [4.69, 9.17) is 18.0 Å². The highest BCUT2D eigenvalue weighted by Crippen LogP contribution is 2.16. The Morgan fingerprint density at radius 2 is 2.18 bits per heavy atom. The van der Waals surface area contributed by atoms with Crippen LogP contribution in [0.1, 0.15) is 39.5 Å². The number of thioether (sulfide) groups is 1. The molecule has 0 amide bonds. The quantitative estimate of drug-likeness (QED) is 0.534. The third-order valence-electron chi connectivity index (χ3n) is 1.53. The van der Waals surface area contributed by atoms with Crippen molar-refractivity contribution in [3.8, 4) is 0 Å². The number of thiocarbonyl (C=S) groups is 1. The van der Waals surface area contributed by atoms with Gasteiger partial charge in [-0.3, -0.25) is 0 Å². The topological polar surface area (TPSA) is 26.0 Å². The first-order valence-electron chi connectivity index (χ1n) is 4.13. The minimum absolute atomic E-state index is 0.578. The first-order chi connectivity index (χ1) is 5.16. The highest BCUT2D eigenvalue weighted by Gasteiger charge is 2.02. The van der Waals surface area contributed by atoms with Gasteiger partial charge in [-0.05, 0) is 6.42 Å². The van der Waals surface area contributed by atoms with Crippen LogP contribution in [0.25, 0.3) is 0 Å². The van der Waals surface area contributed by atoms with Crippen LogP contribution in [-0.4, -0.2) is 9.57 Å². The lowest BCUT2D eigenvalue weighted by molar-refractivity contribution is 0.665. The van der Waals surface area contributed by atoms with Crippen molar-refractivity contribution < 1.29 is 0 Å². The molecule has 0 aromatic carbocycles. The monoisotopic (exact) mass is 191 g/mol. The van der Waals surface area contributed by atoms with Crippen molar-refractivity contribution in [2.24, 2.45) is 5.73 Å². The Bertz CT molecular complexity index is 115. The van der Waals surface area contributed by atoms with Crippen molar-refractivity contribution in [2.45, 2.75) is 44.8 Å². The zero-order valence-electron chi connectivity index (χ0n) is 7.30. The van der Waals surface area contributed by atoms with Gasteiger partial charge in [0.1, 0.15) is 4.32 Å². The SMILES string of the molecule is CCCCCC(C)SC(N)=S. The Hall–Kier alpha value is 0.240. The Kier molecular flexibility index (Phi) is 7.07. The lowest BCUT2D eigenvalue weighted by Gasteiger charge is -2.08. The minimum Gasteiger partial charge on any atom is -0.385 e. The lowest BCUT2D eigenvalue weighted by Crippen LogP contribution is -2.08. The van der Waals surface area contributed by atoms with Crippen molar-refractivity contribution in [3.05, 3.63) is 0 Å². The van der Waals surface area contributed by atoms with Gasteiger partial charge in [-0.15, -0.1) is 0 Å². The van der Waals surface area contributed by atoms with Crippen LogP contribution in [0.2, 0.25) is 0 Å². The summed E-state index contributed by atoms with van der Waals surface area (Å²) in [5, 5.41) is 0.596. The maximum absolute atomic E-state index is 5.39. The van der Waals surface area contributed by atoms with E-state index in [9.17, 15) is 0 Å². The summed E-state index contributed by atoms with van der Waals surface area (Å²) in [6.45, 7) is 4.39.